The van der Waals surface area contributed by atoms with Gasteiger partial charge in [-0.15, -0.1) is 0 Å². The van der Waals surface area contributed by atoms with Crippen LogP contribution in [0.5, 0.6) is 5.75 Å². The maximum absolute atomic E-state index is 12.5. The fourth-order valence-electron chi connectivity index (χ4n) is 2.55. The molecule has 0 spiro atoms. The zero-order chi connectivity index (χ0) is 17.2. The Balaban J connectivity index is 2.33. The Hall–Kier alpha value is -2.24. The molecule has 23 heavy (non-hydrogen) atoms. The molecule has 1 atom stereocenters. The molecule has 0 aliphatic carbocycles. The molecule has 1 aromatic rings. The van der Waals surface area contributed by atoms with Gasteiger partial charge in [-0.3, -0.25) is 4.90 Å². The number of nitrogens with zero attached hydrogens (tertiary/aromatic N) is 1. The van der Waals surface area contributed by atoms with Crippen molar-refractivity contribution in [3.8, 4) is 5.75 Å². The van der Waals surface area contributed by atoms with Crippen molar-refractivity contribution >= 4 is 12.1 Å². The number of amides is 1. The van der Waals surface area contributed by atoms with Gasteiger partial charge in [0.05, 0.1) is 20.8 Å². The SMILES string of the molecule is COC(=O)[C@@H]1Cc2ccc(OC)cc2CN1C(=O)OC(C)(C)C. The highest BCUT2D eigenvalue weighted by atomic mass is 16.6. The molecule has 0 fully saturated rings. The second kappa shape index (κ2) is 6.48. The number of ether oxygens (including phenoxy) is 3. The smallest absolute Gasteiger partial charge is 0.411 e. The van der Waals surface area contributed by atoms with Gasteiger partial charge in [-0.1, -0.05) is 6.07 Å². The summed E-state index contributed by atoms with van der Waals surface area (Å²) in [5.74, 6) is 0.265. The van der Waals surface area contributed by atoms with Crippen molar-refractivity contribution in [2.24, 2.45) is 0 Å². The Morgan fingerprint density at radius 1 is 1.17 bits per heavy atom. The number of esters is 1. The van der Waals surface area contributed by atoms with Crippen molar-refractivity contribution in [3.63, 3.8) is 0 Å². The van der Waals surface area contributed by atoms with Gasteiger partial charge in [0.1, 0.15) is 17.4 Å². The number of hydrogen-bond donors (Lipinski definition) is 0. The first-order chi connectivity index (χ1) is 10.7. The van der Waals surface area contributed by atoms with Gasteiger partial charge >= 0.3 is 12.1 Å². The third-order valence-corrected chi connectivity index (χ3v) is 3.64. The lowest BCUT2D eigenvalue weighted by Gasteiger charge is -2.36. The standard InChI is InChI=1S/C17H23NO5/c1-17(2,3)23-16(20)18-10-12-8-13(21-4)7-6-11(12)9-14(18)15(19)22-5/h6-8,14H,9-10H2,1-5H3/t14-/m0/s1. The molecule has 0 radical (unpaired) electrons. The average Bonchev–Trinajstić information content (AvgIpc) is 2.50. The third kappa shape index (κ3) is 3.94. The van der Waals surface area contributed by atoms with Gasteiger partial charge in [0.25, 0.3) is 0 Å². The van der Waals surface area contributed by atoms with Crippen LogP contribution in [0.4, 0.5) is 4.79 Å². The second-order valence-corrected chi connectivity index (χ2v) is 6.49. The van der Waals surface area contributed by atoms with Crippen LogP contribution in [-0.4, -0.2) is 42.8 Å². The number of fused-ring (bicyclic) bond motifs is 1. The summed E-state index contributed by atoms with van der Waals surface area (Å²) >= 11 is 0. The minimum Gasteiger partial charge on any atom is -0.497 e. The van der Waals surface area contributed by atoms with Gasteiger partial charge in [0.2, 0.25) is 0 Å². The van der Waals surface area contributed by atoms with Crippen LogP contribution in [0, 0.1) is 0 Å². The molecule has 1 heterocycles. The van der Waals surface area contributed by atoms with Gasteiger partial charge in [-0.05, 0) is 44.0 Å². The monoisotopic (exact) mass is 321 g/mol. The van der Waals surface area contributed by atoms with E-state index < -0.39 is 23.7 Å². The molecule has 2 rings (SSSR count). The van der Waals surface area contributed by atoms with E-state index in [1.807, 2.05) is 18.2 Å². The molecular weight excluding hydrogens is 298 g/mol. The number of carbonyl (C=O) groups is 2. The van der Waals surface area contributed by atoms with Crippen LogP contribution in [-0.2, 0) is 27.2 Å². The van der Waals surface area contributed by atoms with Crippen LogP contribution in [0.1, 0.15) is 31.9 Å². The van der Waals surface area contributed by atoms with Crippen molar-refractivity contribution in [1.82, 2.24) is 4.90 Å². The second-order valence-electron chi connectivity index (χ2n) is 6.49. The first-order valence-corrected chi connectivity index (χ1v) is 7.48. The number of carbonyl (C=O) groups excluding carboxylic acids is 2. The number of methoxy groups -OCH3 is 2. The van der Waals surface area contributed by atoms with Crippen molar-refractivity contribution in [3.05, 3.63) is 29.3 Å². The normalized spacial score (nSPS) is 17.3. The topological polar surface area (TPSA) is 65.1 Å². The predicted octanol–water partition coefficient (Wildman–Crippen LogP) is 2.53. The molecule has 1 aliphatic heterocycles. The first kappa shape index (κ1) is 17.1. The molecule has 0 saturated heterocycles. The van der Waals surface area contributed by atoms with E-state index in [0.29, 0.717) is 12.2 Å². The van der Waals surface area contributed by atoms with Gasteiger partial charge in [0, 0.05) is 6.42 Å². The molecule has 0 bridgehead atoms. The largest absolute Gasteiger partial charge is 0.497 e. The minimum absolute atomic E-state index is 0.279. The summed E-state index contributed by atoms with van der Waals surface area (Å²) in [6.07, 6.45) is -0.132. The summed E-state index contributed by atoms with van der Waals surface area (Å²) in [7, 11) is 2.91. The van der Waals surface area contributed by atoms with E-state index in [2.05, 4.69) is 0 Å². The van der Waals surface area contributed by atoms with E-state index in [4.69, 9.17) is 14.2 Å². The maximum atomic E-state index is 12.5. The van der Waals surface area contributed by atoms with Gasteiger partial charge in [0.15, 0.2) is 0 Å². The average molecular weight is 321 g/mol. The summed E-state index contributed by atoms with van der Waals surface area (Å²) in [5.41, 5.74) is 1.31. The number of hydrogen-bond acceptors (Lipinski definition) is 5. The highest BCUT2D eigenvalue weighted by Gasteiger charge is 2.37. The fourth-order valence-corrected chi connectivity index (χ4v) is 2.55. The summed E-state index contributed by atoms with van der Waals surface area (Å²) in [6.45, 7) is 5.65. The molecule has 0 unspecified atom stereocenters. The first-order valence-electron chi connectivity index (χ1n) is 7.48. The summed E-state index contributed by atoms with van der Waals surface area (Å²) < 4.78 is 15.5. The Labute approximate surface area is 136 Å². The van der Waals surface area contributed by atoms with Gasteiger partial charge in [-0.2, -0.15) is 0 Å². The lowest BCUT2D eigenvalue weighted by Crippen LogP contribution is -2.50. The molecule has 1 aromatic carbocycles. The van der Waals surface area contributed by atoms with Crippen LogP contribution in [0.3, 0.4) is 0 Å². The van der Waals surface area contributed by atoms with E-state index >= 15 is 0 Å². The molecule has 1 amide bonds. The minimum atomic E-state index is -0.684. The molecule has 6 nitrogen and oxygen atoms in total. The number of benzene rings is 1. The highest BCUT2D eigenvalue weighted by molar-refractivity contribution is 5.82. The van der Waals surface area contributed by atoms with Crippen molar-refractivity contribution in [2.45, 2.75) is 45.4 Å². The van der Waals surface area contributed by atoms with E-state index in [-0.39, 0.29) is 6.54 Å². The van der Waals surface area contributed by atoms with E-state index in [1.165, 1.54) is 12.0 Å². The van der Waals surface area contributed by atoms with Crippen molar-refractivity contribution in [2.75, 3.05) is 14.2 Å². The molecule has 0 saturated carbocycles. The van der Waals surface area contributed by atoms with E-state index in [9.17, 15) is 9.59 Å². The van der Waals surface area contributed by atoms with Crippen molar-refractivity contribution in [1.29, 1.82) is 0 Å². The Morgan fingerprint density at radius 3 is 2.43 bits per heavy atom. The number of rotatable bonds is 2. The predicted molar refractivity (Wildman–Crippen MR) is 84.3 cm³/mol. The fraction of sp³-hybridized carbons (Fsp3) is 0.529. The third-order valence-electron chi connectivity index (χ3n) is 3.64. The Kier molecular flexibility index (Phi) is 4.82. The molecular formula is C17H23NO5. The van der Waals surface area contributed by atoms with Crippen LogP contribution in [0.25, 0.3) is 0 Å². The zero-order valence-corrected chi connectivity index (χ0v) is 14.2. The molecule has 126 valence electrons. The lowest BCUT2D eigenvalue weighted by atomic mass is 9.94. The summed E-state index contributed by atoms with van der Waals surface area (Å²) in [5, 5.41) is 0. The van der Waals surface area contributed by atoms with Crippen LogP contribution < -0.4 is 4.74 Å². The molecule has 0 N–H and O–H groups in total. The van der Waals surface area contributed by atoms with Crippen LogP contribution in [0.15, 0.2) is 18.2 Å². The summed E-state index contributed by atoms with van der Waals surface area (Å²) in [6, 6.07) is 4.95. The van der Waals surface area contributed by atoms with Gasteiger partial charge < -0.3 is 14.2 Å². The highest BCUT2D eigenvalue weighted by Crippen LogP contribution is 2.28. The molecule has 0 aromatic heterocycles. The van der Waals surface area contributed by atoms with Gasteiger partial charge in [-0.25, -0.2) is 9.59 Å². The quantitative estimate of drug-likeness (QED) is 0.783. The van der Waals surface area contributed by atoms with Crippen LogP contribution >= 0.6 is 0 Å². The van der Waals surface area contributed by atoms with E-state index in [0.717, 1.165) is 11.1 Å². The lowest BCUT2D eigenvalue weighted by molar-refractivity contribution is -0.147. The Morgan fingerprint density at radius 2 is 1.87 bits per heavy atom. The van der Waals surface area contributed by atoms with Crippen molar-refractivity contribution < 1.29 is 23.8 Å². The molecule has 6 heteroatoms. The zero-order valence-electron chi connectivity index (χ0n) is 14.2. The molecule has 1 aliphatic rings. The summed E-state index contributed by atoms with van der Waals surface area (Å²) in [4.78, 5) is 26.0. The Bertz CT molecular complexity index is 605. The maximum Gasteiger partial charge on any atom is 0.411 e. The van der Waals surface area contributed by atoms with Crippen LogP contribution in [0.2, 0.25) is 0 Å². The van der Waals surface area contributed by atoms with E-state index in [1.54, 1.807) is 27.9 Å².